The molecule has 1 unspecified atom stereocenters. The van der Waals surface area contributed by atoms with Crippen LogP contribution in [0.3, 0.4) is 0 Å². The van der Waals surface area contributed by atoms with Crippen molar-refractivity contribution in [3.63, 3.8) is 0 Å². The minimum Gasteiger partial charge on any atom is -0.466 e. The maximum atomic E-state index is 11.9. The van der Waals surface area contributed by atoms with E-state index in [2.05, 4.69) is 15.4 Å². The van der Waals surface area contributed by atoms with E-state index in [-0.39, 0.29) is 11.7 Å². The van der Waals surface area contributed by atoms with Crippen LogP contribution in [-0.2, 0) is 19.1 Å². The molecule has 2 rings (SSSR count). The van der Waals surface area contributed by atoms with Crippen LogP contribution in [0.15, 0.2) is 66.4 Å². The normalized spacial score (nSPS) is 12.0. The van der Waals surface area contributed by atoms with E-state index in [9.17, 15) is 9.59 Å². The van der Waals surface area contributed by atoms with Crippen molar-refractivity contribution in [1.29, 1.82) is 0 Å². The Kier molecular flexibility index (Phi) is 6.79. The molecule has 2 aromatic rings. The van der Waals surface area contributed by atoms with Gasteiger partial charge in [-0.05, 0) is 24.6 Å². The van der Waals surface area contributed by atoms with E-state index in [1.807, 2.05) is 55.5 Å². The molecule has 2 N–H and O–H groups in total. The maximum absolute atomic E-state index is 11.9. The van der Waals surface area contributed by atoms with Gasteiger partial charge in [0.05, 0.1) is 31.7 Å². The van der Waals surface area contributed by atoms with Gasteiger partial charge in [-0.2, -0.15) is 0 Å². The van der Waals surface area contributed by atoms with Gasteiger partial charge in [-0.15, -0.1) is 0 Å². The second-order valence-corrected chi connectivity index (χ2v) is 5.52. The first kappa shape index (κ1) is 19.1. The summed E-state index contributed by atoms with van der Waals surface area (Å²) in [5.41, 5.74) is 2.53. The lowest BCUT2D eigenvalue weighted by Crippen LogP contribution is -2.17. The summed E-state index contributed by atoms with van der Waals surface area (Å²) in [6.45, 7) is 2.04. The lowest BCUT2D eigenvalue weighted by molar-refractivity contribution is -0.138. The fourth-order valence-electron chi connectivity index (χ4n) is 2.35. The largest absolute Gasteiger partial charge is 0.466 e. The van der Waals surface area contributed by atoms with Crippen molar-refractivity contribution < 1.29 is 19.1 Å². The van der Waals surface area contributed by atoms with E-state index in [1.165, 1.54) is 14.2 Å². The fourth-order valence-corrected chi connectivity index (χ4v) is 2.35. The molecule has 6 heteroatoms. The highest BCUT2D eigenvalue weighted by atomic mass is 16.5. The lowest BCUT2D eigenvalue weighted by atomic mass is 10.1. The predicted molar refractivity (Wildman–Crippen MR) is 101 cm³/mol. The van der Waals surface area contributed by atoms with E-state index in [4.69, 9.17) is 4.74 Å². The van der Waals surface area contributed by atoms with Gasteiger partial charge >= 0.3 is 11.9 Å². The number of methoxy groups -OCH3 is 2. The molecule has 0 aliphatic rings. The van der Waals surface area contributed by atoms with Crippen molar-refractivity contribution in [3.05, 3.63) is 71.9 Å². The molecule has 0 fully saturated rings. The summed E-state index contributed by atoms with van der Waals surface area (Å²) in [4.78, 5) is 23.5. The quantitative estimate of drug-likeness (QED) is 0.585. The third-order valence-electron chi connectivity index (χ3n) is 3.74. The predicted octanol–water partition coefficient (Wildman–Crippen LogP) is 3.50. The molecule has 0 amide bonds. The van der Waals surface area contributed by atoms with Gasteiger partial charge in [0, 0.05) is 6.04 Å². The Balaban J connectivity index is 2.25. The van der Waals surface area contributed by atoms with E-state index >= 15 is 0 Å². The summed E-state index contributed by atoms with van der Waals surface area (Å²) in [6.07, 6.45) is 1.06. The van der Waals surface area contributed by atoms with Gasteiger partial charge in [-0.1, -0.05) is 42.5 Å². The third kappa shape index (κ3) is 5.11. The zero-order valence-electron chi connectivity index (χ0n) is 15.0. The molecule has 136 valence electrons. The Morgan fingerprint density at radius 3 is 2.15 bits per heavy atom. The first-order valence-electron chi connectivity index (χ1n) is 8.10. The number of carbonyl (C=O) groups excluding carboxylic acids is 2. The van der Waals surface area contributed by atoms with Gasteiger partial charge in [0.25, 0.3) is 0 Å². The smallest absolute Gasteiger partial charge is 0.354 e. The number of benzene rings is 2. The molecule has 0 saturated heterocycles. The van der Waals surface area contributed by atoms with Gasteiger partial charge in [0.15, 0.2) is 0 Å². The van der Waals surface area contributed by atoms with E-state index < -0.39 is 11.9 Å². The fraction of sp³-hybridized carbons (Fsp3) is 0.200. The highest BCUT2D eigenvalue weighted by Gasteiger charge is 2.15. The molecule has 1 atom stereocenters. The number of hydrogen-bond acceptors (Lipinski definition) is 6. The molecule has 0 bridgehead atoms. The van der Waals surface area contributed by atoms with Crippen LogP contribution >= 0.6 is 0 Å². The van der Waals surface area contributed by atoms with Gasteiger partial charge in [-0.3, -0.25) is 0 Å². The molecule has 26 heavy (non-hydrogen) atoms. The monoisotopic (exact) mass is 354 g/mol. The van der Waals surface area contributed by atoms with E-state index in [0.717, 1.165) is 17.3 Å². The van der Waals surface area contributed by atoms with Crippen LogP contribution in [0.4, 0.5) is 11.4 Å². The van der Waals surface area contributed by atoms with Crippen molar-refractivity contribution in [2.45, 2.75) is 13.0 Å². The summed E-state index contributed by atoms with van der Waals surface area (Å²) >= 11 is 0. The number of hydrogen-bond donors (Lipinski definition) is 2. The van der Waals surface area contributed by atoms with Crippen LogP contribution in [0.25, 0.3) is 0 Å². The zero-order valence-corrected chi connectivity index (χ0v) is 15.0. The summed E-state index contributed by atoms with van der Waals surface area (Å²) in [5, 5.41) is 6.34. The topological polar surface area (TPSA) is 76.7 Å². The number of anilines is 2. The Bertz CT molecular complexity index is 787. The van der Waals surface area contributed by atoms with Gasteiger partial charge in [-0.25, -0.2) is 9.59 Å². The van der Waals surface area contributed by atoms with Crippen LogP contribution in [0, 0.1) is 0 Å². The third-order valence-corrected chi connectivity index (χ3v) is 3.74. The molecule has 0 spiro atoms. The number of ether oxygens (including phenoxy) is 2. The Labute approximate surface area is 152 Å². The Hall–Kier alpha value is -3.28. The van der Waals surface area contributed by atoms with Crippen LogP contribution in [-0.4, -0.2) is 26.2 Å². The van der Waals surface area contributed by atoms with Crippen molar-refractivity contribution in [3.8, 4) is 0 Å². The highest BCUT2D eigenvalue weighted by Crippen LogP contribution is 2.27. The molecular weight excluding hydrogens is 332 g/mol. The van der Waals surface area contributed by atoms with Crippen LogP contribution in [0.1, 0.15) is 18.5 Å². The van der Waals surface area contributed by atoms with Gasteiger partial charge < -0.3 is 20.1 Å². The highest BCUT2D eigenvalue weighted by molar-refractivity contribution is 5.99. The number of esters is 2. The van der Waals surface area contributed by atoms with Crippen molar-refractivity contribution in [1.82, 2.24) is 0 Å². The number of nitrogens with one attached hydrogen (secondary N) is 2. The molecule has 0 aromatic heterocycles. The van der Waals surface area contributed by atoms with E-state index in [0.29, 0.717) is 5.69 Å². The number of para-hydroxylation sites is 2. The lowest BCUT2D eigenvalue weighted by Gasteiger charge is -2.19. The minimum absolute atomic E-state index is 0.0130. The molecule has 0 heterocycles. The minimum atomic E-state index is -0.665. The first-order valence-corrected chi connectivity index (χ1v) is 8.10. The first-order chi connectivity index (χ1) is 12.5. The van der Waals surface area contributed by atoms with Gasteiger partial charge in [0.1, 0.15) is 5.70 Å². The van der Waals surface area contributed by atoms with Crippen molar-refractivity contribution in [2.24, 2.45) is 0 Å². The van der Waals surface area contributed by atoms with Crippen LogP contribution in [0.2, 0.25) is 0 Å². The molecule has 6 nitrogen and oxygen atoms in total. The van der Waals surface area contributed by atoms with Crippen molar-refractivity contribution in [2.75, 3.05) is 24.9 Å². The van der Waals surface area contributed by atoms with Crippen LogP contribution < -0.4 is 10.6 Å². The van der Waals surface area contributed by atoms with Crippen molar-refractivity contribution >= 4 is 23.3 Å². The molecular formula is C20H22N2O4. The Morgan fingerprint density at radius 1 is 0.923 bits per heavy atom. The average Bonchev–Trinajstić information content (AvgIpc) is 2.68. The molecule has 0 aliphatic heterocycles. The second-order valence-electron chi connectivity index (χ2n) is 5.52. The number of rotatable bonds is 7. The second kappa shape index (κ2) is 9.27. The Morgan fingerprint density at radius 2 is 1.54 bits per heavy atom. The molecule has 2 aromatic carbocycles. The van der Waals surface area contributed by atoms with E-state index in [1.54, 1.807) is 6.07 Å². The SMILES string of the molecule is COC(=O)/C=C(/Nc1ccccc1NC(C)c1ccccc1)C(=O)OC. The molecule has 0 saturated carbocycles. The molecule has 0 radical (unpaired) electrons. The van der Waals surface area contributed by atoms with Gasteiger partial charge in [0.2, 0.25) is 0 Å². The average molecular weight is 354 g/mol. The zero-order chi connectivity index (χ0) is 18.9. The standard InChI is InChI=1S/C20H22N2O4/c1-14(15-9-5-4-6-10-15)21-16-11-7-8-12-17(16)22-18(20(24)26-3)13-19(23)25-2/h4-14,21-22H,1-3H3/b18-13+. The maximum Gasteiger partial charge on any atom is 0.354 e. The molecule has 0 aliphatic carbocycles. The van der Waals surface area contributed by atoms with Crippen LogP contribution in [0.5, 0.6) is 0 Å². The number of carbonyl (C=O) groups is 2. The summed E-state index contributed by atoms with van der Waals surface area (Å²) in [6, 6.07) is 17.4. The summed E-state index contributed by atoms with van der Waals surface area (Å²) in [7, 11) is 2.49. The summed E-state index contributed by atoms with van der Waals surface area (Å²) in [5.74, 6) is -1.32. The summed E-state index contributed by atoms with van der Waals surface area (Å²) < 4.78 is 9.31.